The molecule has 0 atom stereocenters. The van der Waals surface area contributed by atoms with Gasteiger partial charge in [-0.05, 0) is 31.4 Å². The average Bonchev–Trinajstić information content (AvgIpc) is 3.19. The number of nitrogens with one attached hydrogen (secondary N) is 2. The second kappa shape index (κ2) is 4.77. The SMILES string of the molecule is Cc1cc(NC(=O)C2(c3ccccc3)CC2)c(C(=O)O)[nH]1. The molecule has 1 saturated carbocycles. The lowest BCUT2D eigenvalue weighted by Gasteiger charge is -2.15. The van der Waals surface area contributed by atoms with Crippen LogP contribution in [0, 0.1) is 6.92 Å². The number of aromatic nitrogens is 1. The molecular formula is C16H16N2O3. The van der Waals surface area contributed by atoms with Gasteiger partial charge in [0.2, 0.25) is 5.91 Å². The third kappa shape index (κ3) is 2.31. The number of aromatic carboxylic acids is 1. The van der Waals surface area contributed by atoms with E-state index in [2.05, 4.69) is 10.3 Å². The van der Waals surface area contributed by atoms with E-state index in [0.717, 1.165) is 18.4 Å². The second-order valence-electron chi connectivity index (χ2n) is 5.45. The minimum Gasteiger partial charge on any atom is -0.477 e. The number of anilines is 1. The van der Waals surface area contributed by atoms with Crippen LogP contribution in [-0.4, -0.2) is 22.0 Å². The maximum Gasteiger partial charge on any atom is 0.354 e. The van der Waals surface area contributed by atoms with Gasteiger partial charge in [0.25, 0.3) is 0 Å². The van der Waals surface area contributed by atoms with Crippen molar-refractivity contribution >= 4 is 17.6 Å². The summed E-state index contributed by atoms with van der Waals surface area (Å²) in [5.74, 6) is -1.22. The Bertz CT molecular complexity index is 700. The summed E-state index contributed by atoms with van der Waals surface area (Å²) in [5.41, 5.74) is 1.51. The Morgan fingerprint density at radius 3 is 2.48 bits per heavy atom. The van der Waals surface area contributed by atoms with Crippen LogP contribution in [0.3, 0.4) is 0 Å². The Labute approximate surface area is 122 Å². The van der Waals surface area contributed by atoms with Crippen LogP contribution in [0.1, 0.15) is 34.6 Å². The fourth-order valence-electron chi connectivity index (χ4n) is 2.63. The van der Waals surface area contributed by atoms with Crippen LogP contribution >= 0.6 is 0 Å². The summed E-state index contributed by atoms with van der Waals surface area (Å²) >= 11 is 0. The summed E-state index contributed by atoms with van der Waals surface area (Å²) in [6, 6.07) is 11.2. The molecule has 108 valence electrons. The maximum atomic E-state index is 12.6. The number of carboxylic acids is 1. The lowest BCUT2D eigenvalue weighted by molar-refractivity contribution is -0.118. The van der Waals surface area contributed by atoms with Crippen LogP contribution in [0.5, 0.6) is 0 Å². The molecule has 0 saturated heterocycles. The van der Waals surface area contributed by atoms with Gasteiger partial charge in [-0.15, -0.1) is 0 Å². The molecule has 1 aliphatic rings. The largest absolute Gasteiger partial charge is 0.477 e. The average molecular weight is 284 g/mol. The molecule has 0 bridgehead atoms. The van der Waals surface area contributed by atoms with Crippen molar-refractivity contribution in [1.29, 1.82) is 0 Å². The van der Waals surface area contributed by atoms with Crippen molar-refractivity contribution < 1.29 is 14.7 Å². The normalized spacial score (nSPS) is 15.5. The minimum absolute atomic E-state index is 0.0183. The van der Waals surface area contributed by atoms with Crippen LogP contribution in [0.2, 0.25) is 0 Å². The number of aromatic amines is 1. The van der Waals surface area contributed by atoms with Gasteiger partial charge in [0, 0.05) is 5.69 Å². The Hall–Kier alpha value is -2.56. The molecule has 0 unspecified atom stereocenters. The van der Waals surface area contributed by atoms with Gasteiger partial charge in [0.1, 0.15) is 5.69 Å². The van der Waals surface area contributed by atoms with Gasteiger partial charge in [-0.25, -0.2) is 4.79 Å². The Balaban J connectivity index is 1.86. The van der Waals surface area contributed by atoms with E-state index in [1.807, 2.05) is 30.3 Å². The lowest BCUT2D eigenvalue weighted by atomic mass is 9.95. The van der Waals surface area contributed by atoms with Crippen LogP contribution < -0.4 is 5.32 Å². The van der Waals surface area contributed by atoms with Crippen LogP contribution in [0.4, 0.5) is 5.69 Å². The molecule has 1 heterocycles. The van der Waals surface area contributed by atoms with E-state index in [1.165, 1.54) is 0 Å². The number of carbonyl (C=O) groups is 2. The van der Waals surface area contributed by atoms with Gasteiger partial charge >= 0.3 is 5.97 Å². The third-order valence-corrected chi connectivity index (χ3v) is 3.93. The Morgan fingerprint density at radius 1 is 1.24 bits per heavy atom. The van der Waals surface area contributed by atoms with Crippen molar-refractivity contribution in [3.8, 4) is 0 Å². The molecule has 0 spiro atoms. The summed E-state index contributed by atoms with van der Waals surface area (Å²) in [5, 5.41) is 11.9. The van der Waals surface area contributed by atoms with Crippen LogP contribution in [-0.2, 0) is 10.2 Å². The number of amides is 1. The van der Waals surface area contributed by atoms with Gasteiger partial charge < -0.3 is 15.4 Å². The molecule has 1 aliphatic carbocycles. The monoisotopic (exact) mass is 284 g/mol. The van der Waals surface area contributed by atoms with E-state index in [-0.39, 0.29) is 11.6 Å². The highest BCUT2D eigenvalue weighted by Crippen LogP contribution is 2.49. The van der Waals surface area contributed by atoms with Gasteiger partial charge in [-0.2, -0.15) is 0 Å². The summed E-state index contributed by atoms with van der Waals surface area (Å²) in [4.78, 5) is 26.5. The van der Waals surface area contributed by atoms with Gasteiger partial charge in [-0.1, -0.05) is 30.3 Å². The number of aryl methyl sites for hydroxylation is 1. The quantitative estimate of drug-likeness (QED) is 0.807. The molecule has 5 heteroatoms. The molecule has 3 N–H and O–H groups in total. The first-order valence-electron chi connectivity index (χ1n) is 6.83. The summed E-state index contributed by atoms with van der Waals surface area (Å²) in [6.45, 7) is 1.76. The number of benzene rings is 1. The molecule has 2 aromatic rings. The molecule has 1 aromatic carbocycles. The van der Waals surface area contributed by atoms with Crippen molar-refractivity contribution in [2.45, 2.75) is 25.2 Å². The van der Waals surface area contributed by atoms with E-state index < -0.39 is 11.4 Å². The topological polar surface area (TPSA) is 82.2 Å². The van der Waals surface area contributed by atoms with Crippen molar-refractivity contribution in [2.75, 3.05) is 5.32 Å². The van der Waals surface area contributed by atoms with E-state index in [4.69, 9.17) is 5.11 Å². The molecule has 1 fully saturated rings. The van der Waals surface area contributed by atoms with Gasteiger partial charge in [0.15, 0.2) is 0 Å². The lowest BCUT2D eigenvalue weighted by Crippen LogP contribution is -2.28. The third-order valence-electron chi connectivity index (χ3n) is 3.93. The predicted molar refractivity (Wildman–Crippen MR) is 78.5 cm³/mol. The Morgan fingerprint density at radius 2 is 1.90 bits per heavy atom. The fraction of sp³-hybridized carbons (Fsp3) is 0.250. The fourth-order valence-corrected chi connectivity index (χ4v) is 2.63. The number of carbonyl (C=O) groups excluding carboxylic acids is 1. The van der Waals surface area contributed by atoms with Crippen molar-refractivity contribution in [2.24, 2.45) is 0 Å². The van der Waals surface area contributed by atoms with Gasteiger partial charge in [-0.3, -0.25) is 4.79 Å². The van der Waals surface area contributed by atoms with E-state index in [0.29, 0.717) is 11.4 Å². The molecular weight excluding hydrogens is 268 g/mol. The first-order chi connectivity index (χ1) is 10.0. The number of hydrogen-bond acceptors (Lipinski definition) is 2. The molecule has 0 aliphatic heterocycles. The van der Waals surface area contributed by atoms with Crippen molar-refractivity contribution in [3.63, 3.8) is 0 Å². The van der Waals surface area contributed by atoms with E-state index in [9.17, 15) is 9.59 Å². The number of H-pyrrole nitrogens is 1. The Kier molecular flexibility index (Phi) is 3.05. The van der Waals surface area contributed by atoms with E-state index >= 15 is 0 Å². The molecule has 3 rings (SSSR count). The molecule has 1 amide bonds. The van der Waals surface area contributed by atoms with Crippen LogP contribution in [0.25, 0.3) is 0 Å². The summed E-state index contributed by atoms with van der Waals surface area (Å²) in [6.07, 6.45) is 1.57. The highest BCUT2D eigenvalue weighted by atomic mass is 16.4. The minimum atomic E-state index is -1.08. The van der Waals surface area contributed by atoms with E-state index in [1.54, 1.807) is 13.0 Å². The smallest absolute Gasteiger partial charge is 0.354 e. The summed E-state index contributed by atoms with van der Waals surface area (Å²) in [7, 11) is 0. The zero-order valence-corrected chi connectivity index (χ0v) is 11.6. The van der Waals surface area contributed by atoms with Crippen molar-refractivity contribution in [3.05, 3.63) is 53.3 Å². The molecule has 1 aromatic heterocycles. The van der Waals surface area contributed by atoms with Crippen LogP contribution in [0.15, 0.2) is 36.4 Å². The van der Waals surface area contributed by atoms with Crippen molar-refractivity contribution in [1.82, 2.24) is 4.98 Å². The summed E-state index contributed by atoms with van der Waals surface area (Å²) < 4.78 is 0. The highest BCUT2D eigenvalue weighted by Gasteiger charge is 2.51. The molecule has 5 nitrogen and oxygen atoms in total. The number of hydrogen-bond donors (Lipinski definition) is 3. The molecule has 0 radical (unpaired) electrons. The number of rotatable bonds is 4. The highest BCUT2D eigenvalue weighted by molar-refractivity contribution is 6.05. The first-order valence-corrected chi connectivity index (χ1v) is 6.83. The zero-order chi connectivity index (χ0) is 15.0. The van der Waals surface area contributed by atoms with Gasteiger partial charge in [0.05, 0.1) is 11.1 Å². The second-order valence-corrected chi connectivity index (χ2v) is 5.45. The number of carboxylic acid groups (broad SMARTS) is 1. The molecule has 21 heavy (non-hydrogen) atoms. The first kappa shape index (κ1) is 13.4. The zero-order valence-electron chi connectivity index (χ0n) is 11.6. The standard InChI is InChI=1S/C16H16N2O3/c1-10-9-12(13(17-10)14(19)20)18-15(21)16(7-8-16)11-5-3-2-4-6-11/h2-6,9,17H,7-8H2,1H3,(H,18,21)(H,19,20). The maximum absolute atomic E-state index is 12.6. The predicted octanol–water partition coefficient (Wildman–Crippen LogP) is 2.69.